The maximum atomic E-state index is 12.9. The second kappa shape index (κ2) is 5.22. The standard InChI is InChI=1S/C12H12F3N3/c13-10-3-1-8(2-4-10)7-18-11(12(14)15)9(5-16)6-17-18/h1-4,6,12H,5,7,16H2. The topological polar surface area (TPSA) is 43.8 Å². The molecule has 2 N–H and O–H groups in total. The largest absolute Gasteiger partial charge is 0.326 e. The van der Waals surface area contributed by atoms with E-state index in [1.54, 1.807) is 0 Å². The van der Waals surface area contributed by atoms with Crippen LogP contribution in [-0.4, -0.2) is 9.78 Å². The molecule has 0 aliphatic rings. The van der Waals surface area contributed by atoms with Crippen molar-refractivity contribution >= 4 is 0 Å². The van der Waals surface area contributed by atoms with Crippen LogP contribution in [0.25, 0.3) is 0 Å². The van der Waals surface area contributed by atoms with E-state index in [1.165, 1.54) is 35.1 Å². The van der Waals surface area contributed by atoms with Crippen LogP contribution in [-0.2, 0) is 13.1 Å². The number of halogens is 3. The summed E-state index contributed by atoms with van der Waals surface area (Å²) in [7, 11) is 0. The smallest absolute Gasteiger partial charge is 0.280 e. The summed E-state index contributed by atoms with van der Waals surface area (Å²) in [5.41, 5.74) is 6.22. The maximum Gasteiger partial charge on any atom is 0.280 e. The highest BCUT2D eigenvalue weighted by atomic mass is 19.3. The van der Waals surface area contributed by atoms with Crippen LogP contribution in [0.5, 0.6) is 0 Å². The van der Waals surface area contributed by atoms with Crippen molar-refractivity contribution in [1.29, 1.82) is 0 Å². The van der Waals surface area contributed by atoms with Crippen LogP contribution >= 0.6 is 0 Å². The Morgan fingerprint density at radius 3 is 2.44 bits per heavy atom. The van der Waals surface area contributed by atoms with Gasteiger partial charge in [0.15, 0.2) is 0 Å². The SMILES string of the molecule is NCc1cnn(Cc2ccc(F)cc2)c1C(F)F. The van der Waals surface area contributed by atoms with E-state index >= 15 is 0 Å². The lowest BCUT2D eigenvalue weighted by Crippen LogP contribution is -2.09. The van der Waals surface area contributed by atoms with Crippen molar-refractivity contribution < 1.29 is 13.2 Å². The molecule has 1 heterocycles. The number of hydrogen-bond donors (Lipinski definition) is 1. The van der Waals surface area contributed by atoms with Gasteiger partial charge in [0.1, 0.15) is 11.5 Å². The number of aromatic nitrogens is 2. The normalized spacial score (nSPS) is 11.2. The molecule has 6 heteroatoms. The van der Waals surface area contributed by atoms with Crippen LogP contribution in [0.4, 0.5) is 13.2 Å². The summed E-state index contributed by atoms with van der Waals surface area (Å²) in [5, 5.41) is 3.89. The van der Waals surface area contributed by atoms with E-state index in [4.69, 9.17) is 5.73 Å². The summed E-state index contributed by atoms with van der Waals surface area (Å²) in [4.78, 5) is 0. The summed E-state index contributed by atoms with van der Waals surface area (Å²) in [6, 6.07) is 5.64. The highest BCUT2D eigenvalue weighted by Crippen LogP contribution is 2.23. The molecule has 0 radical (unpaired) electrons. The molecule has 96 valence electrons. The van der Waals surface area contributed by atoms with Gasteiger partial charge in [-0.25, -0.2) is 13.2 Å². The predicted molar refractivity (Wildman–Crippen MR) is 60.6 cm³/mol. The Labute approximate surface area is 102 Å². The van der Waals surface area contributed by atoms with Gasteiger partial charge < -0.3 is 5.73 Å². The third-order valence-electron chi connectivity index (χ3n) is 2.63. The molecular formula is C12H12F3N3. The first-order chi connectivity index (χ1) is 8.61. The first-order valence-electron chi connectivity index (χ1n) is 5.39. The van der Waals surface area contributed by atoms with E-state index < -0.39 is 6.43 Å². The first kappa shape index (κ1) is 12.6. The molecular weight excluding hydrogens is 243 g/mol. The Morgan fingerprint density at radius 1 is 1.22 bits per heavy atom. The average Bonchev–Trinajstić information content (AvgIpc) is 2.75. The van der Waals surface area contributed by atoms with E-state index in [1.807, 2.05) is 0 Å². The van der Waals surface area contributed by atoms with Crippen molar-refractivity contribution in [3.8, 4) is 0 Å². The van der Waals surface area contributed by atoms with E-state index in [0.29, 0.717) is 11.1 Å². The van der Waals surface area contributed by atoms with Crippen LogP contribution in [0, 0.1) is 5.82 Å². The molecule has 2 aromatic rings. The Bertz CT molecular complexity index is 520. The second-order valence-corrected chi connectivity index (χ2v) is 3.84. The van der Waals surface area contributed by atoms with E-state index in [9.17, 15) is 13.2 Å². The van der Waals surface area contributed by atoms with Crippen LogP contribution in [0.1, 0.15) is 23.2 Å². The minimum atomic E-state index is -2.63. The fourth-order valence-corrected chi connectivity index (χ4v) is 1.73. The molecule has 0 fully saturated rings. The monoisotopic (exact) mass is 255 g/mol. The highest BCUT2D eigenvalue weighted by molar-refractivity contribution is 5.22. The number of rotatable bonds is 4. The summed E-state index contributed by atoms with van der Waals surface area (Å²) >= 11 is 0. The molecule has 0 unspecified atom stereocenters. The molecule has 2 rings (SSSR count). The first-order valence-corrected chi connectivity index (χ1v) is 5.39. The minimum absolute atomic E-state index is 0.0170. The van der Waals surface area contributed by atoms with Crippen LogP contribution < -0.4 is 5.73 Å². The molecule has 0 saturated heterocycles. The van der Waals surface area contributed by atoms with Crippen LogP contribution in [0.15, 0.2) is 30.5 Å². The molecule has 1 aromatic heterocycles. The highest BCUT2D eigenvalue weighted by Gasteiger charge is 2.19. The van der Waals surface area contributed by atoms with Gasteiger partial charge in [-0.05, 0) is 17.7 Å². The Morgan fingerprint density at radius 2 is 1.89 bits per heavy atom. The van der Waals surface area contributed by atoms with Gasteiger partial charge in [-0.2, -0.15) is 5.10 Å². The number of nitrogens with two attached hydrogens (primary N) is 1. The number of hydrogen-bond acceptors (Lipinski definition) is 2. The molecule has 0 bridgehead atoms. The van der Waals surface area contributed by atoms with Gasteiger partial charge in [-0.15, -0.1) is 0 Å². The lowest BCUT2D eigenvalue weighted by atomic mass is 10.2. The summed E-state index contributed by atoms with van der Waals surface area (Å²) in [5.74, 6) is -0.365. The predicted octanol–water partition coefficient (Wildman–Crippen LogP) is 2.47. The van der Waals surface area contributed by atoms with Crippen molar-refractivity contribution in [2.45, 2.75) is 19.5 Å². The van der Waals surface area contributed by atoms with Gasteiger partial charge in [-0.3, -0.25) is 4.68 Å². The van der Waals surface area contributed by atoms with Gasteiger partial charge in [-0.1, -0.05) is 12.1 Å². The Hall–Kier alpha value is -1.82. The fraction of sp³-hybridized carbons (Fsp3) is 0.250. The third-order valence-corrected chi connectivity index (χ3v) is 2.63. The molecule has 0 spiro atoms. The van der Waals surface area contributed by atoms with Crippen LogP contribution in [0.3, 0.4) is 0 Å². The summed E-state index contributed by atoms with van der Waals surface area (Å²) < 4.78 is 39.7. The molecule has 0 saturated carbocycles. The van der Waals surface area contributed by atoms with E-state index in [0.717, 1.165) is 0 Å². The van der Waals surface area contributed by atoms with Gasteiger partial charge in [0, 0.05) is 12.1 Å². The van der Waals surface area contributed by atoms with Crippen molar-refractivity contribution in [2.24, 2.45) is 5.73 Å². The van der Waals surface area contributed by atoms with E-state index in [2.05, 4.69) is 5.10 Å². The van der Waals surface area contributed by atoms with Crippen molar-refractivity contribution in [3.63, 3.8) is 0 Å². The molecule has 0 aliphatic heterocycles. The Balaban J connectivity index is 2.28. The molecule has 1 aromatic carbocycles. The average molecular weight is 255 g/mol. The van der Waals surface area contributed by atoms with E-state index in [-0.39, 0.29) is 24.6 Å². The summed E-state index contributed by atoms with van der Waals surface area (Å²) in [6.07, 6.45) is -1.29. The van der Waals surface area contributed by atoms with Gasteiger partial charge in [0.25, 0.3) is 6.43 Å². The lowest BCUT2D eigenvalue weighted by molar-refractivity contribution is 0.138. The van der Waals surface area contributed by atoms with Crippen molar-refractivity contribution in [2.75, 3.05) is 0 Å². The fourth-order valence-electron chi connectivity index (χ4n) is 1.73. The second-order valence-electron chi connectivity index (χ2n) is 3.84. The van der Waals surface area contributed by atoms with Crippen molar-refractivity contribution in [3.05, 3.63) is 53.1 Å². The third kappa shape index (κ3) is 2.53. The quantitative estimate of drug-likeness (QED) is 0.912. The molecule has 0 atom stereocenters. The van der Waals surface area contributed by atoms with Gasteiger partial charge in [0.05, 0.1) is 12.7 Å². The van der Waals surface area contributed by atoms with Crippen LogP contribution in [0.2, 0.25) is 0 Å². The zero-order valence-corrected chi connectivity index (χ0v) is 9.48. The molecule has 18 heavy (non-hydrogen) atoms. The Kier molecular flexibility index (Phi) is 3.66. The van der Waals surface area contributed by atoms with Gasteiger partial charge >= 0.3 is 0 Å². The number of alkyl halides is 2. The molecule has 0 aliphatic carbocycles. The zero-order chi connectivity index (χ0) is 13.1. The minimum Gasteiger partial charge on any atom is -0.326 e. The molecule has 0 amide bonds. The summed E-state index contributed by atoms with van der Waals surface area (Å²) in [6.45, 7) is 0.184. The zero-order valence-electron chi connectivity index (χ0n) is 9.48. The van der Waals surface area contributed by atoms with Crippen molar-refractivity contribution in [1.82, 2.24) is 9.78 Å². The number of nitrogens with zero attached hydrogens (tertiary/aromatic N) is 2. The van der Waals surface area contributed by atoms with Gasteiger partial charge in [0.2, 0.25) is 0 Å². The maximum absolute atomic E-state index is 12.9. The lowest BCUT2D eigenvalue weighted by Gasteiger charge is -2.08. The number of benzene rings is 1. The molecule has 3 nitrogen and oxygen atoms in total.